The van der Waals surface area contributed by atoms with Crippen molar-refractivity contribution in [2.45, 2.75) is 13.0 Å². The summed E-state index contributed by atoms with van der Waals surface area (Å²) in [6, 6.07) is 0. The zero-order valence-electron chi connectivity index (χ0n) is 9.94. The monoisotopic (exact) mass is 318 g/mol. The summed E-state index contributed by atoms with van der Waals surface area (Å²) in [7, 11) is 1.57. The van der Waals surface area contributed by atoms with Crippen molar-refractivity contribution in [1.29, 1.82) is 0 Å². The van der Waals surface area contributed by atoms with Gasteiger partial charge in [-0.05, 0) is 15.9 Å². The SMILES string of the molecule is CNC(=O)CCNc1cnn(CCO)c(=O)c1Br. The lowest BCUT2D eigenvalue weighted by molar-refractivity contribution is -0.120. The molecule has 18 heavy (non-hydrogen) atoms. The first kappa shape index (κ1) is 14.7. The van der Waals surface area contributed by atoms with Crippen LogP contribution < -0.4 is 16.2 Å². The van der Waals surface area contributed by atoms with E-state index < -0.39 is 0 Å². The Morgan fingerprint density at radius 3 is 2.94 bits per heavy atom. The Hall–Kier alpha value is -1.41. The number of nitrogens with one attached hydrogen (secondary N) is 2. The van der Waals surface area contributed by atoms with E-state index >= 15 is 0 Å². The number of rotatable bonds is 6. The number of carbonyl (C=O) groups excluding carboxylic acids is 1. The van der Waals surface area contributed by atoms with Gasteiger partial charge in [-0.15, -0.1) is 0 Å². The zero-order chi connectivity index (χ0) is 13.5. The van der Waals surface area contributed by atoms with E-state index in [1.165, 1.54) is 6.20 Å². The van der Waals surface area contributed by atoms with Gasteiger partial charge in [0.2, 0.25) is 5.91 Å². The molecule has 1 aromatic rings. The van der Waals surface area contributed by atoms with Crippen LogP contribution in [0, 0.1) is 0 Å². The Labute approximate surface area is 112 Å². The second kappa shape index (κ2) is 7.12. The lowest BCUT2D eigenvalue weighted by Gasteiger charge is -2.09. The highest BCUT2D eigenvalue weighted by atomic mass is 79.9. The van der Waals surface area contributed by atoms with Gasteiger partial charge in [0.05, 0.1) is 25.0 Å². The highest BCUT2D eigenvalue weighted by Gasteiger charge is 2.08. The number of nitrogens with zero attached hydrogens (tertiary/aromatic N) is 2. The molecule has 0 aliphatic heterocycles. The third-order valence-corrected chi connectivity index (χ3v) is 3.01. The van der Waals surface area contributed by atoms with Crippen LogP contribution in [-0.2, 0) is 11.3 Å². The Balaban J connectivity index is 2.70. The molecule has 8 heteroatoms. The van der Waals surface area contributed by atoms with Crippen LogP contribution in [0.1, 0.15) is 6.42 Å². The van der Waals surface area contributed by atoms with E-state index in [4.69, 9.17) is 5.11 Å². The molecule has 0 unspecified atom stereocenters. The normalized spacial score (nSPS) is 10.2. The second-order valence-corrected chi connectivity index (χ2v) is 4.27. The minimum Gasteiger partial charge on any atom is -0.394 e. The number of halogens is 1. The van der Waals surface area contributed by atoms with E-state index in [1.807, 2.05) is 0 Å². The third-order valence-electron chi connectivity index (χ3n) is 2.24. The molecule has 0 atom stereocenters. The minimum absolute atomic E-state index is 0.0831. The first-order chi connectivity index (χ1) is 8.60. The number of aliphatic hydroxyl groups excluding tert-OH is 1. The molecule has 0 aliphatic carbocycles. The van der Waals surface area contributed by atoms with E-state index in [0.717, 1.165) is 4.68 Å². The maximum atomic E-state index is 11.8. The number of carbonyl (C=O) groups is 1. The first-order valence-corrected chi connectivity index (χ1v) is 6.20. The number of amides is 1. The van der Waals surface area contributed by atoms with Gasteiger partial charge in [-0.3, -0.25) is 9.59 Å². The highest BCUT2D eigenvalue weighted by Crippen LogP contribution is 2.15. The summed E-state index contributed by atoms with van der Waals surface area (Å²) in [6.45, 7) is 0.405. The van der Waals surface area contributed by atoms with Crippen LogP contribution in [0.2, 0.25) is 0 Å². The molecule has 1 heterocycles. The molecule has 0 aromatic carbocycles. The largest absolute Gasteiger partial charge is 0.394 e. The second-order valence-electron chi connectivity index (χ2n) is 3.47. The predicted molar refractivity (Wildman–Crippen MR) is 70.5 cm³/mol. The van der Waals surface area contributed by atoms with Crippen LogP contribution in [0.3, 0.4) is 0 Å². The van der Waals surface area contributed by atoms with Crippen molar-refractivity contribution in [3.8, 4) is 0 Å². The van der Waals surface area contributed by atoms with Crippen molar-refractivity contribution in [3.63, 3.8) is 0 Å². The minimum atomic E-state index is -0.325. The van der Waals surface area contributed by atoms with Gasteiger partial charge in [0.25, 0.3) is 5.56 Å². The Kier molecular flexibility index (Phi) is 5.79. The van der Waals surface area contributed by atoms with E-state index in [0.29, 0.717) is 23.1 Å². The fourth-order valence-corrected chi connectivity index (χ4v) is 1.73. The molecule has 0 aliphatic rings. The lowest BCUT2D eigenvalue weighted by atomic mass is 10.3. The number of hydrogen-bond acceptors (Lipinski definition) is 5. The molecule has 0 bridgehead atoms. The van der Waals surface area contributed by atoms with E-state index in [9.17, 15) is 9.59 Å². The smallest absolute Gasteiger partial charge is 0.283 e. The lowest BCUT2D eigenvalue weighted by Crippen LogP contribution is -2.26. The maximum Gasteiger partial charge on any atom is 0.283 e. The molecule has 100 valence electrons. The van der Waals surface area contributed by atoms with Gasteiger partial charge in [0.1, 0.15) is 4.47 Å². The molecule has 3 N–H and O–H groups in total. The molecule has 0 radical (unpaired) electrons. The highest BCUT2D eigenvalue weighted by molar-refractivity contribution is 9.10. The number of aliphatic hydroxyl groups is 1. The quantitative estimate of drug-likeness (QED) is 0.660. The average Bonchev–Trinajstić information content (AvgIpc) is 2.37. The van der Waals surface area contributed by atoms with Crippen molar-refractivity contribution in [1.82, 2.24) is 15.1 Å². The van der Waals surface area contributed by atoms with Crippen molar-refractivity contribution >= 4 is 27.5 Å². The van der Waals surface area contributed by atoms with Gasteiger partial charge >= 0.3 is 0 Å². The molecular weight excluding hydrogens is 304 g/mol. The maximum absolute atomic E-state index is 11.8. The summed E-state index contributed by atoms with van der Waals surface area (Å²) in [4.78, 5) is 22.8. The molecule has 1 rings (SSSR count). The van der Waals surface area contributed by atoms with Crippen LogP contribution in [-0.4, -0.2) is 41.0 Å². The van der Waals surface area contributed by atoms with Crippen molar-refractivity contribution in [2.75, 3.05) is 25.5 Å². The van der Waals surface area contributed by atoms with Gasteiger partial charge < -0.3 is 15.7 Å². The molecule has 0 saturated heterocycles. The van der Waals surface area contributed by atoms with Crippen molar-refractivity contribution in [2.24, 2.45) is 0 Å². The summed E-state index contributed by atoms with van der Waals surface area (Å²) >= 11 is 3.17. The van der Waals surface area contributed by atoms with Crippen LogP contribution >= 0.6 is 15.9 Å². The Morgan fingerprint density at radius 1 is 1.61 bits per heavy atom. The van der Waals surface area contributed by atoms with Gasteiger partial charge in [0, 0.05) is 20.0 Å². The third kappa shape index (κ3) is 3.81. The number of hydrogen-bond donors (Lipinski definition) is 3. The zero-order valence-corrected chi connectivity index (χ0v) is 11.5. The van der Waals surface area contributed by atoms with Gasteiger partial charge in [-0.25, -0.2) is 4.68 Å². The molecule has 0 spiro atoms. The fraction of sp³-hybridized carbons (Fsp3) is 0.500. The molecule has 0 saturated carbocycles. The van der Waals surface area contributed by atoms with Gasteiger partial charge in [-0.2, -0.15) is 5.10 Å². The van der Waals surface area contributed by atoms with E-state index in [1.54, 1.807) is 7.05 Å². The Morgan fingerprint density at radius 2 is 2.33 bits per heavy atom. The van der Waals surface area contributed by atoms with E-state index in [-0.39, 0.29) is 24.6 Å². The summed E-state index contributed by atoms with van der Waals surface area (Å²) in [5.41, 5.74) is 0.201. The van der Waals surface area contributed by atoms with Crippen LogP contribution in [0.5, 0.6) is 0 Å². The summed E-state index contributed by atoms with van der Waals surface area (Å²) < 4.78 is 1.50. The topological polar surface area (TPSA) is 96.2 Å². The predicted octanol–water partition coefficient (Wildman–Crippen LogP) is -0.454. The van der Waals surface area contributed by atoms with Gasteiger partial charge in [-0.1, -0.05) is 0 Å². The molecule has 1 aromatic heterocycles. The summed E-state index contributed by atoms with van der Waals surface area (Å²) in [6.07, 6.45) is 1.79. The molecule has 7 nitrogen and oxygen atoms in total. The molecule has 0 fully saturated rings. The molecular formula is C10H15BrN4O3. The van der Waals surface area contributed by atoms with Crippen molar-refractivity contribution in [3.05, 3.63) is 21.0 Å². The van der Waals surface area contributed by atoms with Crippen molar-refractivity contribution < 1.29 is 9.90 Å². The van der Waals surface area contributed by atoms with Crippen LogP contribution in [0.15, 0.2) is 15.5 Å². The Bertz CT molecular complexity index is 475. The van der Waals surface area contributed by atoms with E-state index in [2.05, 4.69) is 31.7 Å². The fourth-order valence-electron chi connectivity index (χ4n) is 1.28. The number of anilines is 1. The number of aromatic nitrogens is 2. The summed E-state index contributed by atoms with van der Waals surface area (Å²) in [5, 5.41) is 18.1. The first-order valence-electron chi connectivity index (χ1n) is 5.41. The van der Waals surface area contributed by atoms with Crippen LogP contribution in [0.25, 0.3) is 0 Å². The average molecular weight is 319 g/mol. The standard InChI is InChI=1S/C10H15BrN4O3/c1-12-8(17)2-3-13-7-6-14-15(4-5-16)10(18)9(7)11/h6,13,16H,2-5H2,1H3,(H,12,17). The molecule has 1 amide bonds. The summed E-state index contributed by atoms with van der Waals surface area (Å²) in [5.74, 6) is -0.0831. The van der Waals surface area contributed by atoms with Crippen LogP contribution in [0.4, 0.5) is 5.69 Å². The van der Waals surface area contributed by atoms with Gasteiger partial charge in [0.15, 0.2) is 0 Å².